The number of benzene rings is 1. The number of hydrogen-bond donors (Lipinski definition) is 0. The lowest BCUT2D eigenvalue weighted by Crippen LogP contribution is -2.01. The van der Waals surface area contributed by atoms with Gasteiger partial charge < -0.3 is 0 Å². The van der Waals surface area contributed by atoms with Crippen molar-refractivity contribution in [2.45, 2.75) is 10.8 Å². The van der Waals surface area contributed by atoms with Gasteiger partial charge in [0.05, 0.1) is 5.88 Å². The molecule has 1 rings (SSSR count). The zero-order valence-corrected chi connectivity index (χ0v) is 8.93. The third-order valence-electron chi connectivity index (χ3n) is 1.55. The fraction of sp³-hybridized carbons (Fsp3) is 0.143. The van der Waals surface area contributed by atoms with Crippen LogP contribution in [-0.4, -0.2) is 8.42 Å². The molecule has 0 amide bonds. The Bertz CT molecular complexity index is 459. The van der Waals surface area contributed by atoms with Gasteiger partial charge in [-0.1, -0.05) is 0 Å². The summed E-state index contributed by atoms with van der Waals surface area (Å²) in [6, 6.07) is 1.55. The largest absolute Gasteiger partial charge is 0.264 e. The maximum atomic E-state index is 13.2. The number of hydrogen-bond acceptors (Lipinski definition) is 2. The van der Waals surface area contributed by atoms with Gasteiger partial charge in [-0.15, -0.1) is 11.6 Å². The molecule has 0 aliphatic rings. The summed E-state index contributed by atoms with van der Waals surface area (Å²) in [6.45, 7) is 0. The molecule has 0 aliphatic heterocycles. The molecular weight excluding hydrogens is 257 g/mol. The molecule has 78 valence electrons. The van der Waals surface area contributed by atoms with E-state index in [9.17, 15) is 17.2 Å². The highest BCUT2D eigenvalue weighted by atomic mass is 35.7. The van der Waals surface area contributed by atoms with Gasteiger partial charge in [0.15, 0.2) is 0 Å². The Morgan fingerprint density at radius 1 is 1.29 bits per heavy atom. The van der Waals surface area contributed by atoms with Gasteiger partial charge in [-0.2, -0.15) is 0 Å². The Morgan fingerprint density at radius 3 is 2.29 bits per heavy atom. The first-order valence-corrected chi connectivity index (χ1v) is 6.20. The van der Waals surface area contributed by atoms with Crippen LogP contribution in [0.5, 0.6) is 0 Å². The van der Waals surface area contributed by atoms with Gasteiger partial charge in [-0.3, -0.25) is 0 Å². The molecule has 1 aromatic rings. The summed E-state index contributed by atoms with van der Waals surface area (Å²) in [5.41, 5.74) is -0.506. The van der Waals surface area contributed by atoms with Crippen LogP contribution in [0.15, 0.2) is 17.0 Å². The van der Waals surface area contributed by atoms with Gasteiger partial charge in [-0.05, 0) is 12.1 Å². The van der Waals surface area contributed by atoms with Crippen molar-refractivity contribution in [3.05, 3.63) is 29.3 Å². The van der Waals surface area contributed by atoms with Crippen molar-refractivity contribution < 1.29 is 17.2 Å². The fourth-order valence-corrected chi connectivity index (χ4v) is 2.06. The lowest BCUT2D eigenvalue weighted by atomic mass is 10.2. The van der Waals surface area contributed by atoms with E-state index < -0.39 is 37.0 Å². The molecule has 0 aromatic heterocycles. The van der Waals surface area contributed by atoms with Crippen LogP contribution in [0.3, 0.4) is 0 Å². The average Bonchev–Trinajstić information content (AvgIpc) is 2.02. The van der Waals surface area contributed by atoms with Gasteiger partial charge in [0.25, 0.3) is 9.05 Å². The Hall–Kier alpha value is -0.390. The van der Waals surface area contributed by atoms with Crippen molar-refractivity contribution in [2.75, 3.05) is 0 Å². The van der Waals surface area contributed by atoms with E-state index in [0.29, 0.717) is 0 Å². The summed E-state index contributed by atoms with van der Waals surface area (Å²) in [5, 5.41) is 0. The summed E-state index contributed by atoms with van der Waals surface area (Å²) < 4.78 is 47.7. The monoisotopic (exact) mass is 260 g/mol. The molecule has 0 N–H and O–H groups in total. The van der Waals surface area contributed by atoms with E-state index in [1.807, 2.05) is 0 Å². The number of alkyl halides is 1. The second-order valence-electron chi connectivity index (χ2n) is 2.41. The summed E-state index contributed by atoms with van der Waals surface area (Å²) in [5.74, 6) is -2.60. The number of halogens is 4. The molecule has 0 saturated heterocycles. The lowest BCUT2D eigenvalue weighted by molar-refractivity contribution is 0.539. The Labute approximate surface area is 88.9 Å². The van der Waals surface area contributed by atoms with Crippen molar-refractivity contribution in [3.8, 4) is 0 Å². The molecule has 0 unspecified atom stereocenters. The lowest BCUT2D eigenvalue weighted by Gasteiger charge is -2.04. The van der Waals surface area contributed by atoms with Crippen molar-refractivity contribution in [1.82, 2.24) is 0 Å². The summed E-state index contributed by atoms with van der Waals surface area (Å²) >= 11 is 5.24. The minimum atomic E-state index is -4.21. The van der Waals surface area contributed by atoms with E-state index in [-0.39, 0.29) is 0 Å². The standard InChI is InChI=1S/C7H4Cl2F2O2S/c8-3-4-5(10)1-2-6(7(4)11)14(9,12)13/h1-2H,3H2. The molecule has 14 heavy (non-hydrogen) atoms. The van der Waals surface area contributed by atoms with E-state index in [4.69, 9.17) is 22.3 Å². The Balaban J connectivity index is 3.52. The molecule has 1 aromatic carbocycles. The van der Waals surface area contributed by atoms with Crippen molar-refractivity contribution in [3.63, 3.8) is 0 Å². The topological polar surface area (TPSA) is 34.1 Å². The molecule has 0 bridgehead atoms. The molecule has 0 aliphatic carbocycles. The van der Waals surface area contributed by atoms with Gasteiger partial charge >= 0.3 is 0 Å². The predicted molar refractivity (Wildman–Crippen MR) is 49.0 cm³/mol. The third kappa shape index (κ3) is 2.16. The van der Waals surface area contributed by atoms with Crippen LogP contribution < -0.4 is 0 Å². The highest BCUT2D eigenvalue weighted by Crippen LogP contribution is 2.24. The maximum Gasteiger partial charge on any atom is 0.264 e. The molecular formula is C7H4Cl2F2O2S. The minimum Gasteiger partial charge on any atom is -0.207 e. The maximum absolute atomic E-state index is 13.2. The predicted octanol–water partition coefficient (Wildman–Crippen LogP) is 2.63. The van der Waals surface area contributed by atoms with Crippen LogP contribution in [0.25, 0.3) is 0 Å². The quantitative estimate of drug-likeness (QED) is 0.605. The highest BCUT2D eigenvalue weighted by Gasteiger charge is 2.20. The van der Waals surface area contributed by atoms with Crippen LogP contribution in [0, 0.1) is 11.6 Å². The molecule has 0 fully saturated rings. The zero-order chi connectivity index (χ0) is 10.9. The third-order valence-corrected chi connectivity index (χ3v) is 3.15. The van der Waals surface area contributed by atoms with E-state index in [2.05, 4.69) is 0 Å². The summed E-state index contributed by atoms with van der Waals surface area (Å²) in [4.78, 5) is -0.767. The van der Waals surface area contributed by atoms with E-state index in [1.165, 1.54) is 0 Å². The molecule has 0 spiro atoms. The summed E-state index contributed by atoms with van der Waals surface area (Å²) in [7, 11) is 0.701. The van der Waals surface area contributed by atoms with E-state index in [1.54, 1.807) is 0 Å². The first kappa shape index (κ1) is 11.7. The highest BCUT2D eigenvalue weighted by molar-refractivity contribution is 8.13. The van der Waals surface area contributed by atoms with E-state index >= 15 is 0 Å². The van der Waals surface area contributed by atoms with Crippen LogP contribution in [0.4, 0.5) is 8.78 Å². The van der Waals surface area contributed by atoms with Crippen LogP contribution in [0.1, 0.15) is 5.56 Å². The van der Waals surface area contributed by atoms with Crippen LogP contribution in [-0.2, 0) is 14.9 Å². The van der Waals surface area contributed by atoms with Gasteiger partial charge in [-0.25, -0.2) is 17.2 Å². The second-order valence-corrected chi connectivity index (χ2v) is 5.21. The van der Waals surface area contributed by atoms with Crippen molar-refractivity contribution in [1.29, 1.82) is 0 Å². The van der Waals surface area contributed by atoms with Gasteiger partial charge in [0, 0.05) is 16.2 Å². The SMILES string of the molecule is O=S(=O)(Cl)c1ccc(F)c(CCl)c1F. The molecule has 0 saturated carbocycles. The first-order chi connectivity index (χ1) is 6.38. The van der Waals surface area contributed by atoms with E-state index in [0.717, 1.165) is 12.1 Å². The number of rotatable bonds is 2. The second kappa shape index (κ2) is 4.00. The molecule has 0 heterocycles. The smallest absolute Gasteiger partial charge is 0.207 e. The Kier molecular flexibility index (Phi) is 3.34. The first-order valence-electron chi connectivity index (χ1n) is 3.35. The Morgan fingerprint density at radius 2 is 1.86 bits per heavy atom. The average molecular weight is 261 g/mol. The van der Waals surface area contributed by atoms with Crippen molar-refractivity contribution >= 4 is 31.3 Å². The van der Waals surface area contributed by atoms with Crippen LogP contribution >= 0.6 is 22.3 Å². The minimum absolute atomic E-state index is 0.460. The summed E-state index contributed by atoms with van der Waals surface area (Å²) in [6.07, 6.45) is 0. The molecule has 7 heteroatoms. The van der Waals surface area contributed by atoms with Gasteiger partial charge in [0.2, 0.25) is 0 Å². The molecule has 2 nitrogen and oxygen atoms in total. The zero-order valence-electron chi connectivity index (χ0n) is 6.60. The molecule has 0 radical (unpaired) electrons. The van der Waals surface area contributed by atoms with Crippen LogP contribution in [0.2, 0.25) is 0 Å². The van der Waals surface area contributed by atoms with Gasteiger partial charge in [0.1, 0.15) is 16.5 Å². The normalized spacial score (nSPS) is 11.7. The fourth-order valence-electron chi connectivity index (χ4n) is 0.887. The molecule has 0 atom stereocenters. The van der Waals surface area contributed by atoms with Crippen molar-refractivity contribution in [2.24, 2.45) is 0 Å².